The van der Waals surface area contributed by atoms with Gasteiger partial charge in [0.25, 0.3) is 0 Å². The Bertz CT molecular complexity index is 629. The van der Waals surface area contributed by atoms with Gasteiger partial charge in [0.05, 0.1) is 13.1 Å². The average molecular weight is 640 g/mol. The summed E-state index contributed by atoms with van der Waals surface area (Å²) in [5.41, 5.74) is 0. The van der Waals surface area contributed by atoms with Crippen LogP contribution in [0.4, 0.5) is 0 Å². The zero-order valence-electron chi connectivity index (χ0n) is 30.4. The van der Waals surface area contributed by atoms with E-state index < -0.39 is 11.9 Å². The van der Waals surface area contributed by atoms with Crippen LogP contribution < -0.4 is 45.5 Å². The second-order valence-corrected chi connectivity index (χ2v) is 11.4. The molecule has 0 saturated carbocycles. The molecule has 0 spiro atoms. The van der Waals surface area contributed by atoms with Gasteiger partial charge in [-0.2, -0.15) is 0 Å². The summed E-state index contributed by atoms with van der Waals surface area (Å²) < 4.78 is 0. The van der Waals surface area contributed by atoms with Crippen LogP contribution >= 0.6 is 0 Å². The fourth-order valence-electron chi connectivity index (χ4n) is 4.48. The van der Waals surface area contributed by atoms with Gasteiger partial charge >= 0.3 is 41.5 Å². The minimum atomic E-state index is -0.822. The number of likely N-dealkylation sites (N-methyl/N-ethyl adjacent to an activating group) is 2. The Labute approximate surface area is 294 Å². The smallest absolute Gasteiger partial charge is 1.00 e. The zero-order chi connectivity index (χ0) is 32.8. The normalized spacial score (nSPS) is 10.0. The number of aliphatic carboxylic acids is 2. The molecule has 0 aliphatic heterocycles. The van der Waals surface area contributed by atoms with Crippen LogP contribution in [0, 0.1) is 0 Å². The first-order chi connectivity index (χ1) is 20.7. The predicted octanol–water partition coefficient (Wildman–Crippen LogP) is 4.73. The number of carboxylic acid groups (broad SMARTS) is 2. The molecule has 258 valence electrons. The number of hydrogen-bond acceptors (Lipinski definition) is 6. The summed E-state index contributed by atoms with van der Waals surface area (Å²) in [6.07, 6.45) is 29.2. The van der Waals surface area contributed by atoms with E-state index in [0.29, 0.717) is 12.8 Å². The van der Waals surface area contributed by atoms with Gasteiger partial charge < -0.3 is 22.3 Å². The van der Waals surface area contributed by atoms with Crippen molar-refractivity contribution in [1.82, 2.24) is 16.0 Å². The van der Waals surface area contributed by atoms with Crippen molar-refractivity contribution in [3.05, 3.63) is 0 Å². The van der Waals surface area contributed by atoms with Crippen LogP contribution in [-0.4, -0.2) is 61.2 Å². The van der Waals surface area contributed by atoms with Crippen LogP contribution in [0.15, 0.2) is 0 Å². The van der Waals surface area contributed by atoms with Crippen molar-refractivity contribution in [1.29, 1.82) is 0 Å². The molecule has 5 N–H and O–H groups in total. The topological polar surface area (TPSA) is 145 Å². The molecular formula is C34H70N3NaO6. The minimum absolute atomic E-state index is 0. The van der Waals surface area contributed by atoms with Gasteiger partial charge in [0.1, 0.15) is 0 Å². The first kappa shape index (κ1) is 49.9. The van der Waals surface area contributed by atoms with Gasteiger partial charge in [0.15, 0.2) is 0 Å². The van der Waals surface area contributed by atoms with Crippen molar-refractivity contribution >= 4 is 23.8 Å². The minimum Gasteiger partial charge on any atom is -1.00 e. The maximum absolute atomic E-state index is 11.9. The molecule has 0 atom stereocenters. The van der Waals surface area contributed by atoms with E-state index in [0.717, 1.165) is 25.7 Å². The quantitative estimate of drug-likeness (QED) is 0.0611. The SMILES string of the molecule is CCCCCCCCCCCCCCCC(=O)NC(=O)CCCCCCCCCCC.CNCC(=O)O.CNCC(=O)O.[H-].[Na+]. The van der Waals surface area contributed by atoms with E-state index in [4.69, 9.17) is 10.2 Å². The Hall–Kier alpha value is -1.00. The number of unbranched alkanes of at least 4 members (excludes halogenated alkanes) is 20. The molecule has 0 aliphatic carbocycles. The molecule has 0 fully saturated rings. The Morgan fingerprint density at radius 2 is 0.682 bits per heavy atom. The first-order valence-corrected chi connectivity index (χ1v) is 17.3. The standard InChI is InChI=1S/C28H55NO2.2C3H7NO2.Na.H/c1-3-5-7-9-11-13-14-15-16-18-20-22-24-26-28(31)29-27(30)25-23-21-19-17-12-10-8-6-4-2;2*1-4-2-3(5)6;;/h3-26H2,1-2H3,(H,29,30,31);2*4H,2H2,1H3,(H,5,6);;/q;;;+1;-1. The van der Waals surface area contributed by atoms with Gasteiger partial charge in [0.2, 0.25) is 11.8 Å². The van der Waals surface area contributed by atoms with Crippen LogP contribution in [-0.2, 0) is 19.2 Å². The molecule has 0 aromatic heterocycles. The fraction of sp³-hybridized carbons (Fsp3) is 0.882. The number of carboxylic acids is 2. The van der Waals surface area contributed by atoms with Gasteiger partial charge in [-0.1, -0.05) is 142 Å². The first-order valence-electron chi connectivity index (χ1n) is 17.3. The second-order valence-electron chi connectivity index (χ2n) is 11.4. The Morgan fingerprint density at radius 1 is 0.455 bits per heavy atom. The van der Waals surface area contributed by atoms with Crippen LogP contribution in [0.2, 0.25) is 0 Å². The zero-order valence-corrected chi connectivity index (χ0v) is 31.4. The van der Waals surface area contributed by atoms with Crippen molar-refractivity contribution < 1.29 is 60.4 Å². The average Bonchev–Trinajstić information content (AvgIpc) is 2.95. The molecule has 0 radical (unpaired) electrons. The summed E-state index contributed by atoms with van der Waals surface area (Å²) >= 11 is 0. The van der Waals surface area contributed by atoms with Crippen molar-refractivity contribution in [3.8, 4) is 0 Å². The number of nitrogens with one attached hydrogen (secondary N) is 3. The monoisotopic (exact) mass is 640 g/mol. The molecule has 44 heavy (non-hydrogen) atoms. The van der Waals surface area contributed by atoms with Gasteiger partial charge in [-0.3, -0.25) is 24.5 Å². The fourth-order valence-corrected chi connectivity index (χ4v) is 4.48. The molecule has 9 nitrogen and oxygen atoms in total. The Balaban J connectivity index is -0.000000320. The maximum atomic E-state index is 11.9. The molecule has 2 amide bonds. The summed E-state index contributed by atoms with van der Waals surface area (Å²) in [6.45, 7) is 4.60. The number of amides is 2. The molecular weight excluding hydrogens is 569 g/mol. The molecule has 0 aromatic carbocycles. The van der Waals surface area contributed by atoms with Crippen molar-refractivity contribution in [3.63, 3.8) is 0 Å². The van der Waals surface area contributed by atoms with E-state index in [1.807, 2.05) is 0 Å². The van der Waals surface area contributed by atoms with Crippen molar-refractivity contribution in [2.24, 2.45) is 0 Å². The summed E-state index contributed by atoms with van der Waals surface area (Å²) in [7, 11) is 3.18. The molecule has 0 bridgehead atoms. The molecule has 0 heterocycles. The third-order valence-corrected chi connectivity index (χ3v) is 6.95. The maximum Gasteiger partial charge on any atom is 1.00 e. The number of imide groups is 1. The predicted molar refractivity (Wildman–Crippen MR) is 180 cm³/mol. The molecule has 10 heteroatoms. The van der Waals surface area contributed by atoms with E-state index in [1.165, 1.54) is 116 Å². The van der Waals surface area contributed by atoms with Gasteiger partial charge in [-0.05, 0) is 26.9 Å². The van der Waals surface area contributed by atoms with E-state index in [2.05, 4.69) is 29.8 Å². The number of carbonyl (C=O) groups excluding carboxylic acids is 2. The number of rotatable bonds is 28. The van der Waals surface area contributed by atoms with Gasteiger partial charge in [-0.15, -0.1) is 0 Å². The molecule has 0 saturated heterocycles. The largest absolute Gasteiger partial charge is 1.00 e. The van der Waals surface area contributed by atoms with Crippen LogP contribution in [0.1, 0.15) is 169 Å². The molecule has 0 unspecified atom stereocenters. The van der Waals surface area contributed by atoms with Crippen molar-refractivity contribution in [2.45, 2.75) is 168 Å². The summed E-state index contributed by atoms with van der Waals surface area (Å²) in [4.78, 5) is 42.8. The van der Waals surface area contributed by atoms with Gasteiger partial charge in [-0.25, -0.2) is 0 Å². The number of hydrogen-bond donors (Lipinski definition) is 5. The summed E-state index contributed by atoms with van der Waals surface area (Å²) in [6, 6.07) is 0. The van der Waals surface area contributed by atoms with E-state index in [9.17, 15) is 19.2 Å². The third-order valence-electron chi connectivity index (χ3n) is 6.95. The number of carbonyl (C=O) groups is 4. The van der Waals surface area contributed by atoms with Crippen LogP contribution in [0.3, 0.4) is 0 Å². The summed E-state index contributed by atoms with van der Waals surface area (Å²) in [5.74, 6) is -1.80. The third kappa shape index (κ3) is 53.6. The summed E-state index contributed by atoms with van der Waals surface area (Å²) in [5, 5.41) is 23.2. The van der Waals surface area contributed by atoms with E-state index in [1.54, 1.807) is 14.1 Å². The van der Waals surface area contributed by atoms with Crippen LogP contribution in [0.25, 0.3) is 0 Å². The molecule has 0 aromatic rings. The van der Waals surface area contributed by atoms with Crippen LogP contribution in [0.5, 0.6) is 0 Å². The second kappa shape index (κ2) is 44.1. The molecule has 0 aliphatic rings. The molecule has 0 rings (SSSR count). The van der Waals surface area contributed by atoms with E-state index in [-0.39, 0.29) is 55.9 Å². The van der Waals surface area contributed by atoms with Crippen molar-refractivity contribution in [2.75, 3.05) is 27.2 Å². The Kier molecular flexibility index (Phi) is 50.0. The van der Waals surface area contributed by atoms with Gasteiger partial charge in [0, 0.05) is 12.8 Å². The Morgan fingerprint density at radius 3 is 0.864 bits per heavy atom. The van der Waals surface area contributed by atoms with E-state index >= 15 is 0 Å².